The van der Waals surface area contributed by atoms with Crippen molar-refractivity contribution < 1.29 is 0 Å². The minimum absolute atomic E-state index is 0.122. The fourth-order valence-electron chi connectivity index (χ4n) is 2.24. The SMILES string of the molecule is CCNCc1cc2ccc(C)cc2n(CC)c1=O. The molecule has 1 N–H and O–H groups in total. The zero-order valence-electron chi connectivity index (χ0n) is 11.3. The van der Waals surface area contributed by atoms with E-state index in [1.807, 2.05) is 24.5 Å². The summed E-state index contributed by atoms with van der Waals surface area (Å²) in [4.78, 5) is 12.4. The molecule has 0 saturated heterocycles. The molecule has 0 bridgehead atoms. The highest BCUT2D eigenvalue weighted by Gasteiger charge is 2.07. The van der Waals surface area contributed by atoms with Crippen molar-refractivity contribution in [3.63, 3.8) is 0 Å². The van der Waals surface area contributed by atoms with Gasteiger partial charge in [-0.05, 0) is 43.5 Å². The Balaban J connectivity index is 2.66. The Kier molecular flexibility index (Phi) is 3.82. The minimum atomic E-state index is 0.122. The Morgan fingerprint density at radius 3 is 2.67 bits per heavy atom. The normalized spacial score (nSPS) is 11.1. The fraction of sp³-hybridized carbons (Fsp3) is 0.400. The van der Waals surface area contributed by atoms with Gasteiger partial charge < -0.3 is 9.88 Å². The maximum absolute atomic E-state index is 12.4. The number of benzene rings is 1. The Hall–Kier alpha value is -1.61. The zero-order valence-corrected chi connectivity index (χ0v) is 11.3. The molecular formula is C15H20N2O. The Morgan fingerprint density at radius 1 is 1.22 bits per heavy atom. The molecule has 96 valence electrons. The van der Waals surface area contributed by atoms with Gasteiger partial charge in [-0.15, -0.1) is 0 Å². The summed E-state index contributed by atoms with van der Waals surface area (Å²) < 4.78 is 1.86. The number of rotatable bonds is 4. The van der Waals surface area contributed by atoms with Crippen molar-refractivity contribution in [3.8, 4) is 0 Å². The maximum Gasteiger partial charge on any atom is 0.255 e. The third-order valence-corrected chi connectivity index (χ3v) is 3.21. The second kappa shape index (κ2) is 5.36. The van der Waals surface area contributed by atoms with E-state index < -0.39 is 0 Å². The molecule has 0 saturated carbocycles. The molecule has 0 unspecified atom stereocenters. The predicted molar refractivity (Wildman–Crippen MR) is 76.0 cm³/mol. The summed E-state index contributed by atoms with van der Waals surface area (Å²) >= 11 is 0. The van der Waals surface area contributed by atoms with Crippen LogP contribution in [0, 0.1) is 6.92 Å². The highest BCUT2D eigenvalue weighted by molar-refractivity contribution is 5.80. The second-order valence-electron chi connectivity index (χ2n) is 4.56. The number of hydrogen-bond acceptors (Lipinski definition) is 2. The Bertz CT molecular complexity index is 614. The van der Waals surface area contributed by atoms with Gasteiger partial charge in [0.05, 0.1) is 5.52 Å². The molecule has 1 heterocycles. The lowest BCUT2D eigenvalue weighted by Crippen LogP contribution is -2.27. The molecule has 0 aliphatic rings. The average molecular weight is 244 g/mol. The van der Waals surface area contributed by atoms with Crippen molar-refractivity contribution in [2.75, 3.05) is 6.54 Å². The van der Waals surface area contributed by atoms with E-state index in [1.165, 1.54) is 5.56 Å². The Morgan fingerprint density at radius 2 is 2.00 bits per heavy atom. The van der Waals surface area contributed by atoms with Crippen LogP contribution < -0.4 is 10.9 Å². The van der Waals surface area contributed by atoms with E-state index in [4.69, 9.17) is 0 Å². The molecule has 2 aromatic rings. The van der Waals surface area contributed by atoms with Gasteiger partial charge in [-0.3, -0.25) is 4.79 Å². The number of fused-ring (bicyclic) bond motifs is 1. The van der Waals surface area contributed by atoms with Crippen LogP contribution in [0.5, 0.6) is 0 Å². The molecule has 0 aliphatic heterocycles. The van der Waals surface area contributed by atoms with Gasteiger partial charge >= 0.3 is 0 Å². The molecule has 0 amide bonds. The average Bonchev–Trinajstić information content (AvgIpc) is 2.37. The van der Waals surface area contributed by atoms with Gasteiger partial charge in [0.1, 0.15) is 0 Å². The van der Waals surface area contributed by atoms with Gasteiger partial charge in [0.2, 0.25) is 0 Å². The van der Waals surface area contributed by atoms with Crippen LogP contribution in [0.3, 0.4) is 0 Å². The highest BCUT2D eigenvalue weighted by Crippen LogP contribution is 2.15. The molecule has 0 radical (unpaired) electrons. The topological polar surface area (TPSA) is 34.0 Å². The van der Waals surface area contributed by atoms with Crippen molar-refractivity contribution in [2.45, 2.75) is 33.9 Å². The molecule has 2 rings (SSSR count). The largest absolute Gasteiger partial charge is 0.313 e. The molecule has 0 spiro atoms. The smallest absolute Gasteiger partial charge is 0.255 e. The molecule has 1 aromatic carbocycles. The monoisotopic (exact) mass is 244 g/mol. The number of aromatic nitrogens is 1. The van der Waals surface area contributed by atoms with Crippen LogP contribution in [0.15, 0.2) is 29.1 Å². The van der Waals surface area contributed by atoms with E-state index in [-0.39, 0.29) is 5.56 Å². The first-order valence-corrected chi connectivity index (χ1v) is 6.51. The zero-order chi connectivity index (χ0) is 13.1. The summed E-state index contributed by atoms with van der Waals surface area (Å²) in [6.45, 7) is 8.33. The van der Waals surface area contributed by atoms with Gasteiger partial charge in [-0.25, -0.2) is 0 Å². The third kappa shape index (κ3) is 2.31. The van der Waals surface area contributed by atoms with Crippen molar-refractivity contribution in [2.24, 2.45) is 0 Å². The molecule has 0 fully saturated rings. The summed E-state index contributed by atoms with van der Waals surface area (Å²) in [5.41, 5.74) is 3.18. The molecule has 0 aliphatic carbocycles. The number of nitrogens with one attached hydrogen (secondary N) is 1. The van der Waals surface area contributed by atoms with Crippen molar-refractivity contribution in [3.05, 3.63) is 45.7 Å². The van der Waals surface area contributed by atoms with Gasteiger partial charge in [0.15, 0.2) is 0 Å². The molecule has 3 nitrogen and oxygen atoms in total. The van der Waals surface area contributed by atoms with Crippen LogP contribution in [0.2, 0.25) is 0 Å². The van der Waals surface area contributed by atoms with E-state index in [0.717, 1.165) is 23.0 Å². The van der Waals surface area contributed by atoms with E-state index >= 15 is 0 Å². The predicted octanol–water partition coefficient (Wildman–Crippen LogP) is 2.44. The lowest BCUT2D eigenvalue weighted by Gasteiger charge is -2.12. The first kappa shape index (κ1) is 12.8. The standard InChI is InChI=1S/C15H20N2O/c1-4-16-10-13-9-12-7-6-11(3)8-14(12)17(5-2)15(13)18/h6-9,16H,4-5,10H2,1-3H3. The van der Waals surface area contributed by atoms with Crippen molar-refractivity contribution in [1.29, 1.82) is 0 Å². The highest BCUT2D eigenvalue weighted by atomic mass is 16.1. The van der Waals surface area contributed by atoms with Crippen LogP contribution in [0.1, 0.15) is 25.0 Å². The number of hydrogen-bond donors (Lipinski definition) is 1. The van der Waals surface area contributed by atoms with Crippen LogP contribution >= 0.6 is 0 Å². The summed E-state index contributed by atoms with van der Waals surface area (Å²) in [7, 11) is 0. The molecular weight excluding hydrogens is 224 g/mol. The van der Waals surface area contributed by atoms with E-state index in [0.29, 0.717) is 13.1 Å². The van der Waals surface area contributed by atoms with E-state index in [9.17, 15) is 4.79 Å². The maximum atomic E-state index is 12.4. The quantitative estimate of drug-likeness (QED) is 0.896. The van der Waals surface area contributed by atoms with E-state index in [2.05, 4.69) is 30.4 Å². The van der Waals surface area contributed by atoms with Gasteiger partial charge in [-0.1, -0.05) is 19.1 Å². The summed E-state index contributed by atoms with van der Waals surface area (Å²) in [5, 5.41) is 4.35. The molecule has 18 heavy (non-hydrogen) atoms. The molecule has 0 atom stereocenters. The van der Waals surface area contributed by atoms with Gasteiger partial charge in [-0.2, -0.15) is 0 Å². The summed E-state index contributed by atoms with van der Waals surface area (Å²) in [6.07, 6.45) is 0. The number of nitrogens with zero attached hydrogens (tertiary/aromatic N) is 1. The van der Waals surface area contributed by atoms with Crippen LogP contribution in [0.25, 0.3) is 10.9 Å². The van der Waals surface area contributed by atoms with Crippen LogP contribution in [-0.4, -0.2) is 11.1 Å². The molecule has 1 aromatic heterocycles. The van der Waals surface area contributed by atoms with Crippen molar-refractivity contribution >= 4 is 10.9 Å². The van der Waals surface area contributed by atoms with Crippen molar-refractivity contribution in [1.82, 2.24) is 9.88 Å². The number of pyridine rings is 1. The van der Waals surface area contributed by atoms with E-state index in [1.54, 1.807) is 0 Å². The third-order valence-electron chi connectivity index (χ3n) is 3.21. The van der Waals surface area contributed by atoms with Gasteiger partial charge in [0.25, 0.3) is 5.56 Å². The summed E-state index contributed by atoms with van der Waals surface area (Å²) in [6, 6.07) is 8.26. The lowest BCUT2D eigenvalue weighted by atomic mass is 10.1. The minimum Gasteiger partial charge on any atom is -0.313 e. The summed E-state index contributed by atoms with van der Waals surface area (Å²) in [5.74, 6) is 0. The first-order chi connectivity index (χ1) is 8.67. The number of aryl methyl sites for hydroxylation is 2. The lowest BCUT2D eigenvalue weighted by molar-refractivity contribution is 0.693. The van der Waals surface area contributed by atoms with Crippen LogP contribution in [0.4, 0.5) is 0 Å². The molecule has 3 heteroatoms. The fourth-order valence-corrected chi connectivity index (χ4v) is 2.24. The first-order valence-electron chi connectivity index (χ1n) is 6.51. The Labute approximate surface area is 107 Å². The second-order valence-corrected chi connectivity index (χ2v) is 4.56. The van der Waals surface area contributed by atoms with Gasteiger partial charge in [0, 0.05) is 18.7 Å². The van der Waals surface area contributed by atoms with Crippen LogP contribution in [-0.2, 0) is 13.1 Å².